The van der Waals surface area contributed by atoms with Crippen LogP contribution in [-0.4, -0.2) is 26.1 Å². The molecular weight excluding hydrogens is 308 g/mol. The van der Waals surface area contributed by atoms with Crippen LogP contribution < -0.4 is 4.72 Å². The second-order valence-corrected chi connectivity index (χ2v) is 6.33. The van der Waals surface area contributed by atoms with Crippen molar-refractivity contribution in [1.29, 1.82) is 0 Å². The first-order valence-electron chi connectivity index (χ1n) is 6.52. The van der Waals surface area contributed by atoms with Crippen LogP contribution in [0, 0.1) is 13.8 Å². The lowest BCUT2D eigenvalue weighted by atomic mass is 10.2. The van der Waals surface area contributed by atoms with Gasteiger partial charge in [0.15, 0.2) is 5.76 Å². The molecule has 8 heteroatoms. The van der Waals surface area contributed by atoms with Crippen LogP contribution in [0.2, 0.25) is 0 Å². The predicted molar refractivity (Wildman–Crippen MR) is 77.4 cm³/mol. The van der Waals surface area contributed by atoms with Crippen LogP contribution in [0.5, 0.6) is 0 Å². The van der Waals surface area contributed by atoms with Gasteiger partial charge in [0.1, 0.15) is 23.7 Å². The highest BCUT2D eigenvalue weighted by Gasteiger charge is 2.24. The van der Waals surface area contributed by atoms with Gasteiger partial charge in [0.05, 0.1) is 0 Å². The zero-order chi connectivity index (χ0) is 16.2. The first-order valence-corrected chi connectivity index (χ1v) is 8.00. The van der Waals surface area contributed by atoms with E-state index < -0.39 is 22.5 Å². The molecule has 1 heterocycles. The van der Waals surface area contributed by atoms with Crippen molar-refractivity contribution in [2.75, 3.05) is 6.54 Å². The number of nitrogens with zero attached hydrogens (tertiary/aromatic N) is 1. The first kappa shape index (κ1) is 16.2. The van der Waals surface area contributed by atoms with Gasteiger partial charge in [0.25, 0.3) is 0 Å². The third-order valence-electron chi connectivity index (χ3n) is 2.89. The number of benzene rings is 1. The molecule has 2 rings (SSSR count). The number of nitrogens with one attached hydrogen (secondary N) is 1. The number of carbonyl (C=O) groups is 1. The Morgan fingerprint density at radius 3 is 2.55 bits per heavy atom. The highest BCUT2D eigenvalue weighted by molar-refractivity contribution is 7.89. The molecule has 0 radical (unpaired) electrons. The Labute approximate surface area is 128 Å². The van der Waals surface area contributed by atoms with E-state index in [9.17, 15) is 13.2 Å². The number of carbonyl (C=O) groups excluding carboxylic acids is 1. The smallest absolute Gasteiger partial charge is 0.321 e. The fourth-order valence-corrected chi connectivity index (χ4v) is 3.17. The molecule has 0 amide bonds. The summed E-state index contributed by atoms with van der Waals surface area (Å²) in [7, 11) is -3.86. The normalized spacial score (nSPS) is 11.4. The van der Waals surface area contributed by atoms with Gasteiger partial charge in [-0.15, -0.1) is 0 Å². The predicted octanol–water partition coefficient (Wildman–Crippen LogP) is 1.31. The Bertz CT molecular complexity index is 733. The lowest BCUT2D eigenvalue weighted by Gasteiger charge is -2.07. The number of aromatic nitrogens is 1. The number of hydrogen-bond donors (Lipinski definition) is 1. The molecule has 0 aliphatic rings. The monoisotopic (exact) mass is 324 g/mol. The summed E-state index contributed by atoms with van der Waals surface area (Å²) in [4.78, 5) is 11.6. The highest BCUT2D eigenvalue weighted by atomic mass is 32.2. The number of rotatable bonds is 6. The maximum atomic E-state index is 12.1. The number of ether oxygens (including phenoxy) is 1. The standard InChI is InChI=1S/C14H16N2O5S/c1-10-14(11(2)21-16-10)22(18,19)15-8-13(17)20-9-12-6-4-3-5-7-12/h3-7,15H,8-9H2,1-2H3. The van der Waals surface area contributed by atoms with Crippen LogP contribution in [0.4, 0.5) is 0 Å². The van der Waals surface area contributed by atoms with Gasteiger partial charge in [0, 0.05) is 0 Å². The lowest BCUT2D eigenvalue weighted by molar-refractivity contribution is -0.143. The van der Waals surface area contributed by atoms with Gasteiger partial charge in [0.2, 0.25) is 10.0 Å². The SMILES string of the molecule is Cc1noc(C)c1S(=O)(=O)NCC(=O)OCc1ccccc1. The minimum Gasteiger partial charge on any atom is -0.460 e. The van der Waals surface area contributed by atoms with Crippen LogP contribution in [-0.2, 0) is 26.2 Å². The molecular formula is C14H16N2O5S. The fraction of sp³-hybridized carbons (Fsp3) is 0.286. The average molecular weight is 324 g/mol. The third-order valence-corrected chi connectivity index (χ3v) is 4.53. The second kappa shape index (κ2) is 6.71. The van der Waals surface area contributed by atoms with Gasteiger partial charge < -0.3 is 9.26 Å². The largest absolute Gasteiger partial charge is 0.460 e. The van der Waals surface area contributed by atoms with Crippen molar-refractivity contribution in [3.05, 3.63) is 47.3 Å². The molecule has 0 fully saturated rings. The summed E-state index contributed by atoms with van der Waals surface area (Å²) in [6, 6.07) is 9.11. The maximum Gasteiger partial charge on any atom is 0.321 e. The first-order chi connectivity index (χ1) is 10.4. The summed E-state index contributed by atoms with van der Waals surface area (Å²) in [5, 5.41) is 3.58. The molecule has 1 N–H and O–H groups in total. The fourth-order valence-electron chi connectivity index (χ4n) is 1.87. The van der Waals surface area contributed by atoms with Crippen molar-refractivity contribution in [3.8, 4) is 0 Å². The summed E-state index contributed by atoms with van der Waals surface area (Å²) in [6.07, 6.45) is 0. The summed E-state index contributed by atoms with van der Waals surface area (Å²) >= 11 is 0. The topological polar surface area (TPSA) is 98.5 Å². The van der Waals surface area contributed by atoms with Gasteiger partial charge in [-0.25, -0.2) is 8.42 Å². The molecule has 118 valence electrons. The zero-order valence-corrected chi connectivity index (χ0v) is 13.0. The van der Waals surface area contributed by atoms with Crippen LogP contribution in [0.15, 0.2) is 39.8 Å². The molecule has 0 spiro atoms. The summed E-state index contributed by atoms with van der Waals surface area (Å²) in [5.41, 5.74) is 1.06. The van der Waals surface area contributed by atoms with Gasteiger partial charge in [-0.05, 0) is 19.4 Å². The molecule has 0 aliphatic carbocycles. The average Bonchev–Trinajstić information content (AvgIpc) is 2.84. The van der Waals surface area contributed by atoms with Crippen molar-refractivity contribution in [3.63, 3.8) is 0 Å². The Kier molecular flexibility index (Phi) is 4.94. The van der Waals surface area contributed by atoms with Gasteiger partial charge in [-0.1, -0.05) is 35.5 Å². The Balaban J connectivity index is 1.91. The quantitative estimate of drug-likeness (QED) is 0.805. The summed E-state index contributed by atoms with van der Waals surface area (Å²) < 4.78 is 36.2. The van der Waals surface area contributed by atoms with Gasteiger partial charge >= 0.3 is 5.97 Å². The molecule has 1 aromatic heterocycles. The van der Waals surface area contributed by atoms with Gasteiger partial charge in [-0.3, -0.25) is 4.79 Å². The molecule has 0 saturated heterocycles. The summed E-state index contributed by atoms with van der Waals surface area (Å²) in [5.74, 6) is -0.498. The van der Waals surface area contributed by atoms with E-state index >= 15 is 0 Å². The third kappa shape index (κ3) is 3.92. The molecule has 1 aromatic carbocycles. The van der Waals surface area contributed by atoms with Crippen LogP contribution >= 0.6 is 0 Å². The van der Waals surface area contributed by atoms with Crippen LogP contribution in [0.25, 0.3) is 0 Å². The van der Waals surface area contributed by atoms with Crippen molar-refractivity contribution in [2.45, 2.75) is 25.3 Å². The minimum absolute atomic E-state index is 0.0524. The van der Waals surface area contributed by atoms with Crippen molar-refractivity contribution >= 4 is 16.0 Å². The van der Waals surface area contributed by atoms with E-state index in [2.05, 4.69) is 9.88 Å². The molecule has 22 heavy (non-hydrogen) atoms. The van der Waals surface area contributed by atoms with E-state index in [0.717, 1.165) is 5.56 Å². The number of hydrogen-bond acceptors (Lipinski definition) is 6. The van der Waals surface area contributed by atoms with Crippen molar-refractivity contribution < 1.29 is 22.5 Å². The lowest BCUT2D eigenvalue weighted by Crippen LogP contribution is -2.31. The van der Waals surface area contributed by atoms with E-state index in [1.165, 1.54) is 13.8 Å². The minimum atomic E-state index is -3.86. The molecule has 0 bridgehead atoms. The van der Waals surface area contributed by atoms with E-state index in [1.807, 2.05) is 18.2 Å². The number of aryl methyl sites for hydroxylation is 2. The van der Waals surface area contributed by atoms with E-state index in [4.69, 9.17) is 9.26 Å². The molecule has 0 saturated carbocycles. The zero-order valence-electron chi connectivity index (χ0n) is 12.2. The van der Waals surface area contributed by atoms with Crippen LogP contribution in [0.3, 0.4) is 0 Å². The Morgan fingerprint density at radius 2 is 1.95 bits per heavy atom. The Morgan fingerprint density at radius 1 is 1.27 bits per heavy atom. The van der Waals surface area contributed by atoms with Crippen molar-refractivity contribution in [2.24, 2.45) is 0 Å². The van der Waals surface area contributed by atoms with E-state index in [-0.39, 0.29) is 23.0 Å². The molecule has 2 aromatic rings. The number of sulfonamides is 1. The molecule has 0 aliphatic heterocycles. The van der Waals surface area contributed by atoms with E-state index in [1.54, 1.807) is 12.1 Å². The maximum absolute atomic E-state index is 12.1. The molecule has 0 atom stereocenters. The number of esters is 1. The molecule has 0 unspecified atom stereocenters. The van der Waals surface area contributed by atoms with Crippen LogP contribution in [0.1, 0.15) is 17.0 Å². The highest BCUT2D eigenvalue weighted by Crippen LogP contribution is 2.18. The summed E-state index contributed by atoms with van der Waals surface area (Å²) in [6.45, 7) is 2.63. The second-order valence-electron chi connectivity index (χ2n) is 4.62. The molecule has 7 nitrogen and oxygen atoms in total. The van der Waals surface area contributed by atoms with Crippen molar-refractivity contribution in [1.82, 2.24) is 9.88 Å². The Hall–Kier alpha value is -2.19. The van der Waals surface area contributed by atoms with Gasteiger partial charge in [-0.2, -0.15) is 4.72 Å². The van der Waals surface area contributed by atoms with E-state index in [0.29, 0.717) is 0 Å².